The second-order valence-corrected chi connectivity index (χ2v) is 4.93. The van der Waals surface area contributed by atoms with Gasteiger partial charge in [0, 0.05) is 10.8 Å². The van der Waals surface area contributed by atoms with Gasteiger partial charge in [0.25, 0.3) is 0 Å². The molecule has 5 nitrogen and oxygen atoms in total. The number of rotatable bonds is 4. The number of anilines is 1. The second-order valence-electron chi connectivity index (χ2n) is 4.22. The van der Waals surface area contributed by atoms with E-state index in [0.717, 1.165) is 16.5 Å². The van der Waals surface area contributed by atoms with Gasteiger partial charge < -0.3 is 10.4 Å². The normalized spacial score (nSPS) is 10.6. The van der Waals surface area contributed by atoms with Crippen molar-refractivity contribution >= 4 is 33.9 Å². The summed E-state index contributed by atoms with van der Waals surface area (Å²) in [7, 11) is 0. The number of benzene rings is 1. The first-order valence-corrected chi connectivity index (χ1v) is 6.92. The fourth-order valence-corrected chi connectivity index (χ4v) is 2.50. The van der Waals surface area contributed by atoms with Crippen molar-refractivity contribution in [1.82, 2.24) is 9.97 Å². The molecule has 0 unspecified atom stereocenters. The number of carboxylic acids is 1. The maximum atomic E-state index is 11.1. The summed E-state index contributed by atoms with van der Waals surface area (Å²) < 4.78 is 0. The predicted octanol–water partition coefficient (Wildman–Crippen LogP) is 3.00. The topological polar surface area (TPSA) is 75.1 Å². The maximum Gasteiger partial charge on any atom is 0.354 e. The van der Waals surface area contributed by atoms with Crippen LogP contribution in [0.4, 0.5) is 5.82 Å². The summed E-state index contributed by atoms with van der Waals surface area (Å²) in [4.78, 5) is 19.5. The molecule has 20 heavy (non-hydrogen) atoms. The van der Waals surface area contributed by atoms with E-state index in [-0.39, 0.29) is 5.69 Å². The molecule has 0 amide bonds. The summed E-state index contributed by atoms with van der Waals surface area (Å²) in [5.74, 6) is -0.471. The first-order valence-electron chi connectivity index (χ1n) is 5.98. The van der Waals surface area contributed by atoms with E-state index in [9.17, 15) is 4.79 Å². The lowest BCUT2D eigenvalue weighted by molar-refractivity contribution is 0.0691. The van der Waals surface area contributed by atoms with Crippen molar-refractivity contribution in [1.29, 1.82) is 0 Å². The van der Waals surface area contributed by atoms with Crippen LogP contribution in [0.25, 0.3) is 10.8 Å². The lowest BCUT2D eigenvalue weighted by Gasteiger charge is -2.09. The Labute approximate surface area is 118 Å². The van der Waals surface area contributed by atoms with Gasteiger partial charge in [0.1, 0.15) is 5.82 Å². The molecule has 3 rings (SSSR count). The maximum absolute atomic E-state index is 11.1. The number of aromatic nitrogens is 2. The number of fused-ring (bicyclic) bond motifs is 1. The molecule has 0 atom stereocenters. The van der Waals surface area contributed by atoms with E-state index in [4.69, 9.17) is 5.11 Å². The Morgan fingerprint density at radius 3 is 2.95 bits per heavy atom. The van der Waals surface area contributed by atoms with Crippen molar-refractivity contribution in [2.24, 2.45) is 0 Å². The highest BCUT2D eigenvalue weighted by Gasteiger charge is 2.10. The van der Waals surface area contributed by atoms with Crippen LogP contribution in [0.1, 0.15) is 16.2 Å². The molecule has 0 saturated heterocycles. The number of hydrogen-bond donors (Lipinski definition) is 2. The van der Waals surface area contributed by atoms with Gasteiger partial charge in [-0.05, 0) is 11.5 Å². The van der Waals surface area contributed by atoms with E-state index >= 15 is 0 Å². The monoisotopic (exact) mass is 285 g/mol. The van der Waals surface area contributed by atoms with Gasteiger partial charge in [-0.25, -0.2) is 14.8 Å². The lowest BCUT2D eigenvalue weighted by Crippen LogP contribution is -2.07. The number of thiazole rings is 1. The van der Waals surface area contributed by atoms with Crippen molar-refractivity contribution in [3.05, 3.63) is 52.6 Å². The van der Waals surface area contributed by atoms with Gasteiger partial charge >= 0.3 is 5.97 Å². The van der Waals surface area contributed by atoms with Gasteiger partial charge in [0.2, 0.25) is 0 Å². The molecule has 2 heterocycles. The minimum Gasteiger partial charge on any atom is -0.477 e. The highest BCUT2D eigenvalue weighted by atomic mass is 32.1. The molecule has 0 saturated carbocycles. The van der Waals surface area contributed by atoms with E-state index < -0.39 is 5.97 Å². The summed E-state index contributed by atoms with van der Waals surface area (Å²) in [6.07, 6.45) is 0. The molecular formula is C14H11N3O2S. The summed E-state index contributed by atoms with van der Waals surface area (Å²) in [6, 6.07) is 9.14. The Balaban J connectivity index is 2.00. The van der Waals surface area contributed by atoms with Crippen LogP contribution in [0.5, 0.6) is 0 Å². The van der Waals surface area contributed by atoms with E-state index in [1.165, 1.54) is 11.3 Å². The largest absolute Gasteiger partial charge is 0.477 e. The zero-order valence-corrected chi connectivity index (χ0v) is 11.2. The minimum atomic E-state index is -1.03. The SMILES string of the molecule is O=C(O)c1cc2ccccc2c(NCc2cscn2)n1. The molecule has 100 valence electrons. The summed E-state index contributed by atoms with van der Waals surface area (Å²) in [5, 5.41) is 16.0. The van der Waals surface area contributed by atoms with Crippen LogP contribution in [0, 0.1) is 0 Å². The quantitative estimate of drug-likeness (QED) is 0.770. The van der Waals surface area contributed by atoms with Gasteiger partial charge in [-0.2, -0.15) is 0 Å². The average Bonchev–Trinajstić information content (AvgIpc) is 2.97. The van der Waals surface area contributed by atoms with Gasteiger partial charge in [-0.15, -0.1) is 11.3 Å². The summed E-state index contributed by atoms with van der Waals surface area (Å²) in [5.41, 5.74) is 2.70. The first-order chi connectivity index (χ1) is 9.74. The molecule has 0 spiro atoms. The molecule has 0 bridgehead atoms. The van der Waals surface area contributed by atoms with Gasteiger partial charge in [0.15, 0.2) is 5.69 Å². The van der Waals surface area contributed by atoms with E-state index in [1.54, 1.807) is 11.6 Å². The van der Waals surface area contributed by atoms with Gasteiger partial charge in [-0.3, -0.25) is 0 Å². The number of aromatic carboxylic acids is 1. The van der Waals surface area contributed by atoms with Gasteiger partial charge in [-0.1, -0.05) is 24.3 Å². The first kappa shape index (κ1) is 12.6. The Kier molecular flexibility index (Phi) is 3.30. The van der Waals surface area contributed by atoms with Crippen LogP contribution in [-0.4, -0.2) is 21.0 Å². The van der Waals surface area contributed by atoms with E-state index in [1.807, 2.05) is 29.6 Å². The summed E-state index contributed by atoms with van der Waals surface area (Å²) >= 11 is 1.52. The lowest BCUT2D eigenvalue weighted by atomic mass is 10.1. The zero-order chi connectivity index (χ0) is 13.9. The smallest absolute Gasteiger partial charge is 0.354 e. The number of hydrogen-bond acceptors (Lipinski definition) is 5. The Morgan fingerprint density at radius 2 is 2.20 bits per heavy atom. The fraction of sp³-hybridized carbons (Fsp3) is 0.0714. The Morgan fingerprint density at radius 1 is 1.35 bits per heavy atom. The van der Waals surface area contributed by atoms with Gasteiger partial charge in [0.05, 0.1) is 17.7 Å². The number of carbonyl (C=O) groups is 1. The Hall–Kier alpha value is -2.47. The number of carboxylic acid groups (broad SMARTS) is 1. The molecule has 3 aromatic rings. The van der Waals surface area contributed by atoms with Crippen molar-refractivity contribution < 1.29 is 9.90 Å². The Bertz CT molecular complexity index is 756. The average molecular weight is 285 g/mol. The van der Waals surface area contributed by atoms with Crippen molar-refractivity contribution in [2.45, 2.75) is 6.54 Å². The standard InChI is InChI=1S/C14H11N3O2S/c18-14(19)12-5-9-3-1-2-4-11(9)13(17-12)15-6-10-7-20-8-16-10/h1-5,7-8H,6H2,(H,15,17)(H,18,19). The summed E-state index contributed by atoms with van der Waals surface area (Å²) in [6.45, 7) is 0.517. The third kappa shape index (κ3) is 2.46. The van der Waals surface area contributed by atoms with Crippen LogP contribution in [0.2, 0.25) is 0 Å². The molecule has 0 aliphatic rings. The van der Waals surface area contributed by atoms with Crippen LogP contribution < -0.4 is 5.32 Å². The molecule has 2 N–H and O–H groups in total. The third-order valence-electron chi connectivity index (χ3n) is 2.88. The van der Waals surface area contributed by atoms with Crippen LogP contribution in [0.3, 0.4) is 0 Å². The predicted molar refractivity (Wildman–Crippen MR) is 78.1 cm³/mol. The zero-order valence-electron chi connectivity index (χ0n) is 10.4. The van der Waals surface area contributed by atoms with Crippen LogP contribution >= 0.6 is 11.3 Å². The third-order valence-corrected chi connectivity index (χ3v) is 3.52. The second kappa shape index (κ2) is 5.26. The molecular weight excluding hydrogens is 274 g/mol. The molecule has 6 heteroatoms. The number of nitrogens with zero attached hydrogens (tertiary/aromatic N) is 2. The fourth-order valence-electron chi connectivity index (χ4n) is 1.94. The molecule has 0 aliphatic heterocycles. The van der Waals surface area contributed by atoms with Crippen LogP contribution in [-0.2, 0) is 6.54 Å². The van der Waals surface area contributed by atoms with Crippen molar-refractivity contribution in [2.75, 3.05) is 5.32 Å². The highest BCUT2D eigenvalue weighted by molar-refractivity contribution is 7.07. The molecule has 0 fully saturated rings. The molecule has 0 radical (unpaired) electrons. The van der Waals surface area contributed by atoms with E-state index in [2.05, 4.69) is 15.3 Å². The molecule has 0 aliphatic carbocycles. The number of pyridine rings is 1. The number of nitrogens with one attached hydrogen (secondary N) is 1. The van der Waals surface area contributed by atoms with Crippen LogP contribution in [0.15, 0.2) is 41.2 Å². The van der Waals surface area contributed by atoms with Crippen molar-refractivity contribution in [3.63, 3.8) is 0 Å². The highest BCUT2D eigenvalue weighted by Crippen LogP contribution is 2.23. The van der Waals surface area contributed by atoms with E-state index in [0.29, 0.717) is 12.4 Å². The van der Waals surface area contributed by atoms with Crippen molar-refractivity contribution in [3.8, 4) is 0 Å². The molecule has 1 aromatic carbocycles. The molecule has 2 aromatic heterocycles. The minimum absolute atomic E-state index is 0.0319.